The molecule has 0 fully saturated rings. The maximum Gasteiger partial charge on any atom is 0.200 e. The molecule has 0 aliphatic carbocycles. The van der Waals surface area contributed by atoms with Gasteiger partial charge in [0.15, 0.2) is 6.34 Å². The fourth-order valence-corrected chi connectivity index (χ4v) is 2.18. The highest BCUT2D eigenvalue weighted by Crippen LogP contribution is 2.25. The molecule has 1 heterocycles. The molecular formula is C16H24N3O+. The Labute approximate surface area is 121 Å². The molecular weight excluding hydrogens is 250 g/mol. The largest absolute Gasteiger partial charge is 0.370 e. The molecule has 1 aliphatic rings. The lowest BCUT2D eigenvalue weighted by Crippen LogP contribution is -2.44. The molecule has 1 aromatic carbocycles. The summed E-state index contributed by atoms with van der Waals surface area (Å²) in [6.07, 6.45) is 5.88. The second kappa shape index (κ2) is 5.87. The molecule has 0 saturated heterocycles. The second-order valence-corrected chi connectivity index (χ2v) is 6.05. The minimum Gasteiger partial charge on any atom is -0.370 e. The number of aliphatic imine (C=N–C) groups is 1. The Morgan fingerprint density at radius 2 is 1.90 bits per heavy atom. The van der Waals surface area contributed by atoms with Gasteiger partial charge in [-0.25, -0.2) is 9.48 Å². The molecule has 0 amide bonds. The van der Waals surface area contributed by atoms with E-state index in [-0.39, 0.29) is 5.60 Å². The lowest BCUT2D eigenvalue weighted by atomic mass is 10.1. The molecule has 1 unspecified atom stereocenters. The summed E-state index contributed by atoms with van der Waals surface area (Å²) in [4.78, 5) is 4.26. The van der Waals surface area contributed by atoms with Crippen molar-refractivity contribution in [2.75, 3.05) is 13.2 Å². The van der Waals surface area contributed by atoms with E-state index in [9.17, 15) is 0 Å². The van der Waals surface area contributed by atoms with Crippen molar-refractivity contribution in [2.24, 2.45) is 10.7 Å². The highest BCUT2D eigenvalue weighted by atomic mass is 16.5. The summed E-state index contributed by atoms with van der Waals surface area (Å²) in [7, 11) is 0. The number of quaternary nitrogens is 1. The van der Waals surface area contributed by atoms with Crippen molar-refractivity contribution in [2.45, 2.75) is 32.9 Å². The zero-order chi connectivity index (χ0) is 14.6. The van der Waals surface area contributed by atoms with E-state index >= 15 is 0 Å². The topological polar surface area (TPSA) is 47.6 Å². The molecule has 0 aromatic heterocycles. The summed E-state index contributed by atoms with van der Waals surface area (Å²) in [5, 5.41) is 0. The average molecular weight is 274 g/mol. The standard InChI is InChI=1S/C16H24N3O/c1-16(2,3)20-11-10-19(9-8-18-13-19)15-6-4-14(12-17)5-7-15/h4-9,13H,10-12,17H2,1-3H3/q+1. The van der Waals surface area contributed by atoms with E-state index < -0.39 is 0 Å². The first kappa shape index (κ1) is 14.9. The SMILES string of the molecule is CC(C)(C)OCC[N+]1(c2ccc(CN)cc2)C=CN=C1. The van der Waals surface area contributed by atoms with Crippen LogP contribution >= 0.6 is 0 Å². The van der Waals surface area contributed by atoms with Crippen LogP contribution in [0.15, 0.2) is 41.7 Å². The van der Waals surface area contributed by atoms with Gasteiger partial charge >= 0.3 is 0 Å². The molecule has 2 rings (SSSR count). The van der Waals surface area contributed by atoms with Crippen molar-refractivity contribution >= 4 is 12.0 Å². The van der Waals surface area contributed by atoms with E-state index in [0.29, 0.717) is 17.6 Å². The molecule has 1 aromatic rings. The Morgan fingerprint density at radius 1 is 1.20 bits per heavy atom. The highest BCUT2D eigenvalue weighted by molar-refractivity contribution is 5.78. The summed E-state index contributed by atoms with van der Waals surface area (Å²) in [5.74, 6) is 0. The molecule has 1 atom stereocenters. The summed E-state index contributed by atoms with van der Waals surface area (Å²) < 4.78 is 6.45. The number of nitrogens with zero attached hydrogens (tertiary/aromatic N) is 2. The number of hydrogen-bond acceptors (Lipinski definition) is 3. The van der Waals surface area contributed by atoms with Crippen LogP contribution in [0, 0.1) is 0 Å². The second-order valence-electron chi connectivity index (χ2n) is 6.05. The van der Waals surface area contributed by atoms with Gasteiger partial charge in [-0.1, -0.05) is 12.1 Å². The van der Waals surface area contributed by atoms with Crippen LogP contribution in [0.4, 0.5) is 5.69 Å². The molecule has 0 saturated carbocycles. The van der Waals surface area contributed by atoms with Crippen molar-refractivity contribution < 1.29 is 4.74 Å². The fraction of sp³-hybridized carbons (Fsp3) is 0.438. The van der Waals surface area contributed by atoms with Gasteiger partial charge < -0.3 is 10.5 Å². The van der Waals surface area contributed by atoms with Crippen LogP contribution in [0.1, 0.15) is 26.3 Å². The Balaban J connectivity index is 2.13. The molecule has 1 aliphatic heterocycles. The number of nitrogens with two attached hydrogens (primary N) is 1. The van der Waals surface area contributed by atoms with Gasteiger partial charge in [-0.05, 0) is 26.3 Å². The van der Waals surface area contributed by atoms with Crippen molar-refractivity contribution in [1.82, 2.24) is 4.48 Å². The van der Waals surface area contributed by atoms with Gasteiger partial charge in [0.2, 0.25) is 0 Å². The Hall–Kier alpha value is -1.49. The third kappa shape index (κ3) is 3.54. The third-order valence-corrected chi connectivity index (χ3v) is 3.34. The zero-order valence-corrected chi connectivity index (χ0v) is 12.5. The van der Waals surface area contributed by atoms with Gasteiger partial charge in [-0.15, -0.1) is 0 Å². The summed E-state index contributed by atoms with van der Waals surface area (Å²) in [6.45, 7) is 8.29. The first-order chi connectivity index (χ1) is 9.45. The fourth-order valence-electron chi connectivity index (χ4n) is 2.18. The molecule has 2 N–H and O–H groups in total. The Bertz CT molecular complexity index is 485. The van der Waals surface area contributed by atoms with Crippen LogP contribution in [0.5, 0.6) is 0 Å². The minimum atomic E-state index is -0.117. The van der Waals surface area contributed by atoms with Crippen molar-refractivity contribution in [3.05, 3.63) is 42.2 Å². The molecule has 0 bridgehead atoms. The van der Waals surface area contributed by atoms with Crippen LogP contribution in [-0.2, 0) is 11.3 Å². The maximum atomic E-state index is 5.85. The zero-order valence-electron chi connectivity index (χ0n) is 12.5. The lowest BCUT2D eigenvalue weighted by molar-refractivity contribution is -0.00434. The quantitative estimate of drug-likeness (QED) is 0.839. The van der Waals surface area contributed by atoms with Crippen LogP contribution in [0.2, 0.25) is 0 Å². The van der Waals surface area contributed by atoms with Crippen molar-refractivity contribution in [3.63, 3.8) is 0 Å². The third-order valence-electron chi connectivity index (χ3n) is 3.34. The molecule has 4 nitrogen and oxygen atoms in total. The van der Waals surface area contributed by atoms with E-state index in [2.05, 4.69) is 56.2 Å². The van der Waals surface area contributed by atoms with E-state index in [4.69, 9.17) is 10.5 Å². The predicted molar refractivity (Wildman–Crippen MR) is 84.3 cm³/mol. The normalized spacial score (nSPS) is 21.6. The summed E-state index contributed by atoms with van der Waals surface area (Å²) in [6, 6.07) is 8.36. The maximum absolute atomic E-state index is 5.85. The van der Waals surface area contributed by atoms with Gasteiger partial charge in [0, 0.05) is 18.7 Å². The average Bonchev–Trinajstić information content (AvgIpc) is 2.87. The Morgan fingerprint density at radius 3 is 2.40 bits per heavy atom. The van der Waals surface area contributed by atoms with Gasteiger partial charge in [0.1, 0.15) is 18.4 Å². The number of benzene rings is 1. The number of rotatable bonds is 5. The van der Waals surface area contributed by atoms with Crippen LogP contribution < -0.4 is 10.2 Å². The smallest absolute Gasteiger partial charge is 0.200 e. The number of hydrogen-bond donors (Lipinski definition) is 1. The highest BCUT2D eigenvalue weighted by Gasteiger charge is 2.29. The first-order valence-electron chi connectivity index (χ1n) is 6.98. The van der Waals surface area contributed by atoms with E-state index in [1.807, 2.05) is 12.5 Å². The van der Waals surface area contributed by atoms with Crippen molar-refractivity contribution in [1.29, 1.82) is 0 Å². The van der Waals surface area contributed by atoms with Gasteiger partial charge in [-0.3, -0.25) is 0 Å². The summed E-state index contributed by atoms with van der Waals surface area (Å²) >= 11 is 0. The van der Waals surface area contributed by atoms with Crippen LogP contribution in [0.25, 0.3) is 0 Å². The summed E-state index contributed by atoms with van der Waals surface area (Å²) in [5.41, 5.74) is 7.85. The van der Waals surface area contributed by atoms with Gasteiger partial charge in [0.05, 0.1) is 18.4 Å². The van der Waals surface area contributed by atoms with Gasteiger partial charge in [0.25, 0.3) is 0 Å². The molecule has 20 heavy (non-hydrogen) atoms. The van der Waals surface area contributed by atoms with Gasteiger partial charge in [-0.2, -0.15) is 0 Å². The number of ether oxygens (including phenoxy) is 1. The van der Waals surface area contributed by atoms with E-state index in [1.165, 1.54) is 5.69 Å². The van der Waals surface area contributed by atoms with E-state index in [1.54, 1.807) is 0 Å². The van der Waals surface area contributed by atoms with Crippen molar-refractivity contribution in [3.8, 4) is 0 Å². The molecule has 0 radical (unpaired) electrons. The molecule has 0 spiro atoms. The minimum absolute atomic E-state index is 0.117. The van der Waals surface area contributed by atoms with Crippen LogP contribution in [-0.4, -0.2) is 25.1 Å². The first-order valence-corrected chi connectivity index (χ1v) is 6.98. The van der Waals surface area contributed by atoms with Crippen LogP contribution in [0.3, 0.4) is 0 Å². The lowest BCUT2D eigenvalue weighted by Gasteiger charge is -2.29. The Kier molecular flexibility index (Phi) is 4.38. The predicted octanol–water partition coefficient (Wildman–Crippen LogP) is 2.78. The molecule has 108 valence electrons. The monoisotopic (exact) mass is 274 g/mol. The molecule has 4 heteroatoms. The van der Waals surface area contributed by atoms with E-state index in [0.717, 1.165) is 12.1 Å².